The number of carbonyl (C=O) groups is 2. The third kappa shape index (κ3) is 5.33. The summed E-state index contributed by atoms with van der Waals surface area (Å²) in [6, 6.07) is 6.64. The van der Waals surface area contributed by atoms with E-state index in [4.69, 9.17) is 21.4 Å². The molecule has 0 radical (unpaired) electrons. The van der Waals surface area contributed by atoms with Gasteiger partial charge in [-0.3, -0.25) is 13.8 Å². The van der Waals surface area contributed by atoms with Crippen LogP contribution >= 0.6 is 11.6 Å². The molecule has 1 aromatic carbocycles. The van der Waals surface area contributed by atoms with Crippen molar-refractivity contribution in [3.63, 3.8) is 0 Å². The van der Waals surface area contributed by atoms with Gasteiger partial charge in [-0.25, -0.2) is 0 Å². The molecule has 154 valence electrons. The summed E-state index contributed by atoms with van der Waals surface area (Å²) >= 11 is 5.99. The molecule has 1 saturated carbocycles. The number of amides is 1. The Morgan fingerprint density at radius 1 is 1.36 bits per heavy atom. The molecule has 0 bridgehead atoms. The number of carboxylic acids is 1. The van der Waals surface area contributed by atoms with Crippen molar-refractivity contribution in [3.8, 4) is 0 Å². The van der Waals surface area contributed by atoms with E-state index in [0.29, 0.717) is 28.9 Å². The molecule has 8 heteroatoms. The van der Waals surface area contributed by atoms with Gasteiger partial charge in [0.05, 0.1) is 19.1 Å². The Morgan fingerprint density at radius 2 is 2.04 bits per heavy atom. The summed E-state index contributed by atoms with van der Waals surface area (Å²) in [6.45, 7) is 2.17. The average Bonchev–Trinajstić information content (AvgIpc) is 3.46. The van der Waals surface area contributed by atoms with Crippen molar-refractivity contribution in [3.05, 3.63) is 34.9 Å². The minimum atomic E-state index is -1.08. The Hall–Kier alpha value is -1.44. The molecule has 1 aliphatic carbocycles. The summed E-state index contributed by atoms with van der Waals surface area (Å²) in [6.07, 6.45) is 1.53. The van der Waals surface area contributed by atoms with Crippen molar-refractivity contribution >= 4 is 34.3 Å². The summed E-state index contributed by atoms with van der Waals surface area (Å²) in [5, 5.41) is 9.71. The van der Waals surface area contributed by atoms with Crippen LogP contribution in [0.5, 0.6) is 0 Å². The Labute approximate surface area is 172 Å². The smallest absolute Gasteiger partial charge is 0.306 e. The van der Waals surface area contributed by atoms with Crippen LogP contribution in [-0.4, -0.2) is 56.4 Å². The van der Waals surface area contributed by atoms with Crippen LogP contribution < -0.4 is 0 Å². The second kappa shape index (κ2) is 9.37. The van der Waals surface area contributed by atoms with Gasteiger partial charge in [0.1, 0.15) is 6.10 Å². The highest BCUT2D eigenvalue weighted by Gasteiger charge is 2.41. The Bertz CT molecular complexity index is 737. The first kappa shape index (κ1) is 21.3. The molecule has 28 heavy (non-hydrogen) atoms. The third-order valence-corrected chi connectivity index (χ3v) is 7.15. The minimum absolute atomic E-state index is 0.205. The van der Waals surface area contributed by atoms with E-state index in [0.717, 1.165) is 18.4 Å². The zero-order valence-electron chi connectivity index (χ0n) is 15.9. The van der Waals surface area contributed by atoms with E-state index in [1.54, 1.807) is 17.0 Å². The number of benzene rings is 1. The fourth-order valence-electron chi connectivity index (χ4n) is 3.58. The molecule has 0 spiro atoms. The predicted molar refractivity (Wildman–Crippen MR) is 108 cm³/mol. The number of aliphatic carboxylic acids is 1. The lowest BCUT2D eigenvalue weighted by Crippen LogP contribution is -2.55. The SMILES string of the molecule is CC[C@@H](CS(=O)CC1CC1)N1C(=O)[C@@H](CC(=O)O)OC[C@H]1c1ccc(Cl)cc1. The van der Waals surface area contributed by atoms with Crippen LogP contribution in [0.3, 0.4) is 0 Å². The van der Waals surface area contributed by atoms with E-state index in [2.05, 4.69) is 0 Å². The van der Waals surface area contributed by atoms with Crippen LogP contribution in [0, 0.1) is 5.92 Å². The molecule has 1 saturated heterocycles. The van der Waals surface area contributed by atoms with Gasteiger partial charge in [-0.05, 0) is 42.9 Å². The van der Waals surface area contributed by atoms with Crippen LogP contribution in [-0.2, 0) is 25.1 Å². The highest BCUT2D eigenvalue weighted by atomic mass is 35.5. The molecule has 6 nitrogen and oxygen atoms in total. The topological polar surface area (TPSA) is 83.9 Å². The van der Waals surface area contributed by atoms with Gasteiger partial charge < -0.3 is 14.7 Å². The lowest BCUT2D eigenvalue weighted by molar-refractivity contribution is -0.168. The van der Waals surface area contributed by atoms with E-state index in [9.17, 15) is 13.8 Å². The molecule has 0 aromatic heterocycles. The molecule has 2 aliphatic rings. The number of rotatable bonds is 9. The molecule has 4 atom stereocenters. The van der Waals surface area contributed by atoms with Crippen molar-refractivity contribution in [1.82, 2.24) is 4.90 Å². The van der Waals surface area contributed by atoms with Crippen LogP contribution in [0.4, 0.5) is 0 Å². The van der Waals surface area contributed by atoms with Gasteiger partial charge in [0.2, 0.25) is 0 Å². The van der Waals surface area contributed by atoms with E-state index >= 15 is 0 Å². The number of nitrogens with zero attached hydrogens (tertiary/aromatic N) is 1. The van der Waals surface area contributed by atoms with Gasteiger partial charge in [-0.1, -0.05) is 30.7 Å². The minimum Gasteiger partial charge on any atom is -0.481 e. The van der Waals surface area contributed by atoms with E-state index < -0.39 is 22.9 Å². The quantitative estimate of drug-likeness (QED) is 0.654. The zero-order chi connectivity index (χ0) is 20.3. The third-order valence-electron chi connectivity index (χ3n) is 5.30. The Kier molecular flexibility index (Phi) is 7.12. The van der Waals surface area contributed by atoms with Crippen molar-refractivity contribution in [1.29, 1.82) is 0 Å². The number of hydrogen-bond donors (Lipinski definition) is 1. The van der Waals surface area contributed by atoms with E-state index in [-0.39, 0.29) is 31.0 Å². The summed E-state index contributed by atoms with van der Waals surface area (Å²) in [5.41, 5.74) is 0.873. The molecule has 1 unspecified atom stereocenters. The van der Waals surface area contributed by atoms with Crippen molar-refractivity contribution in [2.75, 3.05) is 18.1 Å². The lowest BCUT2D eigenvalue weighted by Gasteiger charge is -2.43. The fraction of sp³-hybridized carbons (Fsp3) is 0.600. The maximum atomic E-state index is 13.1. The number of morpholine rings is 1. The zero-order valence-corrected chi connectivity index (χ0v) is 17.5. The number of carbonyl (C=O) groups excluding carboxylic acids is 1. The van der Waals surface area contributed by atoms with E-state index in [1.165, 1.54) is 0 Å². The van der Waals surface area contributed by atoms with Gasteiger partial charge in [-0.2, -0.15) is 0 Å². The van der Waals surface area contributed by atoms with Gasteiger partial charge in [0, 0.05) is 33.4 Å². The monoisotopic (exact) mass is 427 g/mol. The average molecular weight is 428 g/mol. The molecule has 3 rings (SSSR count). The first-order valence-electron chi connectivity index (χ1n) is 9.65. The standard InChI is InChI=1S/C20H26ClNO5S/c1-2-16(12-28(26)11-13-3-4-13)22-17(14-5-7-15(21)8-6-14)10-27-18(20(22)25)9-19(23)24/h5-8,13,16-18H,2-4,9-12H2,1H3,(H,23,24)/t16-,17-,18+,28?/m0/s1. The summed E-state index contributed by atoms with van der Waals surface area (Å²) < 4.78 is 18.2. The number of carboxylic acid groups (broad SMARTS) is 1. The van der Waals surface area contributed by atoms with Gasteiger partial charge >= 0.3 is 5.97 Å². The van der Waals surface area contributed by atoms with Gasteiger partial charge in [-0.15, -0.1) is 0 Å². The Balaban J connectivity index is 1.84. The van der Waals surface area contributed by atoms with Gasteiger partial charge in [0.15, 0.2) is 0 Å². The number of halogens is 1. The first-order valence-corrected chi connectivity index (χ1v) is 11.5. The van der Waals surface area contributed by atoms with Crippen LogP contribution in [0.15, 0.2) is 24.3 Å². The molecule has 1 aliphatic heterocycles. The molecule has 1 N–H and O–H groups in total. The van der Waals surface area contributed by atoms with Crippen molar-refractivity contribution in [2.24, 2.45) is 5.92 Å². The maximum Gasteiger partial charge on any atom is 0.306 e. The van der Waals surface area contributed by atoms with Crippen LogP contribution in [0.2, 0.25) is 5.02 Å². The van der Waals surface area contributed by atoms with Crippen molar-refractivity contribution in [2.45, 2.75) is 50.8 Å². The highest BCUT2D eigenvalue weighted by Crippen LogP contribution is 2.33. The molecule has 2 fully saturated rings. The van der Waals surface area contributed by atoms with Gasteiger partial charge in [0.25, 0.3) is 5.91 Å². The molecular formula is C20H26ClNO5S. The lowest BCUT2D eigenvalue weighted by atomic mass is 9.99. The maximum absolute atomic E-state index is 13.1. The second-order valence-corrected chi connectivity index (χ2v) is 9.49. The summed E-state index contributed by atoms with van der Waals surface area (Å²) in [7, 11) is -1.00. The molecule has 1 amide bonds. The van der Waals surface area contributed by atoms with Crippen LogP contribution in [0.1, 0.15) is 44.2 Å². The molecular weight excluding hydrogens is 402 g/mol. The Morgan fingerprint density at radius 3 is 2.61 bits per heavy atom. The largest absolute Gasteiger partial charge is 0.481 e. The fourth-order valence-corrected chi connectivity index (χ4v) is 5.53. The summed E-state index contributed by atoms with van der Waals surface area (Å²) in [5.74, 6) is 0.213. The molecule has 1 aromatic rings. The van der Waals surface area contributed by atoms with Crippen LogP contribution in [0.25, 0.3) is 0 Å². The van der Waals surface area contributed by atoms with Crippen molar-refractivity contribution < 1.29 is 23.6 Å². The first-order chi connectivity index (χ1) is 13.4. The highest BCUT2D eigenvalue weighted by molar-refractivity contribution is 7.85. The van der Waals surface area contributed by atoms with E-state index in [1.807, 2.05) is 19.1 Å². The number of hydrogen-bond acceptors (Lipinski definition) is 4. The second-order valence-electron chi connectivity index (χ2n) is 7.51. The summed E-state index contributed by atoms with van der Waals surface area (Å²) in [4.78, 5) is 26.0. The predicted octanol–water partition coefficient (Wildman–Crippen LogP) is 3.02. The normalized spacial score (nSPS) is 24.8. The molecule has 1 heterocycles. The number of ether oxygens (including phenoxy) is 1.